The lowest BCUT2D eigenvalue weighted by Crippen LogP contribution is -2.31. The first-order chi connectivity index (χ1) is 9.15. The van der Waals surface area contributed by atoms with Crippen LogP contribution in [0.2, 0.25) is 0 Å². The predicted octanol–water partition coefficient (Wildman–Crippen LogP) is 0.936. The molecule has 1 saturated heterocycles. The summed E-state index contributed by atoms with van der Waals surface area (Å²) in [7, 11) is 1.64. The number of nitrogens with zero attached hydrogens (tertiary/aromatic N) is 1. The summed E-state index contributed by atoms with van der Waals surface area (Å²) in [6.07, 6.45) is 2.14. The number of nitrogens with two attached hydrogens (primary N) is 1. The molecule has 0 aromatic heterocycles. The summed E-state index contributed by atoms with van der Waals surface area (Å²) in [5.41, 5.74) is 7.24. The van der Waals surface area contributed by atoms with Crippen LogP contribution < -0.4 is 10.5 Å². The Morgan fingerprint density at radius 2 is 2.37 bits per heavy atom. The maximum absolute atomic E-state index is 9.36. The lowest BCUT2D eigenvalue weighted by molar-refractivity contribution is 0.152. The van der Waals surface area contributed by atoms with Crippen molar-refractivity contribution in [1.29, 1.82) is 5.41 Å². The van der Waals surface area contributed by atoms with Gasteiger partial charge in [0.15, 0.2) is 0 Å². The molecule has 0 amide bonds. The summed E-state index contributed by atoms with van der Waals surface area (Å²) in [4.78, 5) is 2.25. The van der Waals surface area contributed by atoms with Gasteiger partial charge in [0.05, 0.1) is 13.7 Å². The highest BCUT2D eigenvalue weighted by Crippen LogP contribution is 2.25. The molecule has 1 unspecified atom stereocenters. The van der Waals surface area contributed by atoms with Crippen LogP contribution in [0.1, 0.15) is 24.0 Å². The molecule has 0 saturated carbocycles. The summed E-state index contributed by atoms with van der Waals surface area (Å²) in [6.45, 7) is 1.89. The SMILES string of the molecule is COc1ccc(C(=N)N)cc1CN1CCCC1CO. The van der Waals surface area contributed by atoms with E-state index in [-0.39, 0.29) is 18.5 Å². The van der Waals surface area contributed by atoms with Crippen molar-refractivity contribution in [3.05, 3.63) is 29.3 Å². The van der Waals surface area contributed by atoms with Crippen molar-refractivity contribution < 1.29 is 9.84 Å². The van der Waals surface area contributed by atoms with Crippen molar-refractivity contribution in [3.63, 3.8) is 0 Å². The van der Waals surface area contributed by atoms with Crippen LogP contribution in [-0.2, 0) is 6.54 Å². The van der Waals surface area contributed by atoms with E-state index in [4.69, 9.17) is 15.9 Å². The predicted molar refractivity (Wildman–Crippen MR) is 74.5 cm³/mol. The fourth-order valence-corrected chi connectivity index (χ4v) is 2.60. The number of likely N-dealkylation sites (tertiary alicyclic amines) is 1. The van der Waals surface area contributed by atoms with E-state index in [2.05, 4.69) is 4.90 Å². The van der Waals surface area contributed by atoms with Gasteiger partial charge in [-0.2, -0.15) is 0 Å². The largest absolute Gasteiger partial charge is 0.496 e. The second kappa shape index (κ2) is 6.04. The number of amidine groups is 1. The summed E-state index contributed by atoms with van der Waals surface area (Å²) in [5, 5.41) is 16.9. The van der Waals surface area contributed by atoms with E-state index < -0.39 is 0 Å². The van der Waals surface area contributed by atoms with Gasteiger partial charge in [0, 0.05) is 23.7 Å². The molecular formula is C14H21N3O2. The van der Waals surface area contributed by atoms with Crippen molar-refractivity contribution in [2.45, 2.75) is 25.4 Å². The number of benzene rings is 1. The number of hydrogen-bond acceptors (Lipinski definition) is 4. The third kappa shape index (κ3) is 3.05. The fourth-order valence-electron chi connectivity index (χ4n) is 2.60. The second-order valence-electron chi connectivity index (χ2n) is 4.89. The standard InChI is InChI=1S/C14H21N3O2/c1-19-13-5-4-10(14(15)16)7-11(13)8-17-6-2-3-12(17)9-18/h4-5,7,12,18H,2-3,6,8-9H2,1H3,(H3,15,16). The smallest absolute Gasteiger partial charge is 0.123 e. The Kier molecular flexibility index (Phi) is 4.39. The van der Waals surface area contributed by atoms with Crippen molar-refractivity contribution in [2.75, 3.05) is 20.3 Å². The van der Waals surface area contributed by atoms with Gasteiger partial charge in [-0.25, -0.2) is 0 Å². The first kappa shape index (κ1) is 13.8. The third-order valence-corrected chi connectivity index (χ3v) is 3.67. The molecule has 0 aliphatic carbocycles. The Labute approximate surface area is 113 Å². The minimum Gasteiger partial charge on any atom is -0.496 e. The van der Waals surface area contributed by atoms with Gasteiger partial charge in [-0.3, -0.25) is 10.3 Å². The Balaban J connectivity index is 2.22. The molecule has 4 N–H and O–H groups in total. The highest BCUT2D eigenvalue weighted by molar-refractivity contribution is 5.95. The third-order valence-electron chi connectivity index (χ3n) is 3.67. The van der Waals surface area contributed by atoms with E-state index in [1.54, 1.807) is 13.2 Å². The highest BCUT2D eigenvalue weighted by Gasteiger charge is 2.24. The second-order valence-corrected chi connectivity index (χ2v) is 4.89. The minimum absolute atomic E-state index is 0.0593. The van der Waals surface area contributed by atoms with Crippen LogP contribution in [0.5, 0.6) is 5.75 Å². The minimum atomic E-state index is 0.0593. The molecule has 104 valence electrons. The lowest BCUT2D eigenvalue weighted by Gasteiger charge is -2.23. The number of ether oxygens (including phenoxy) is 1. The normalized spacial score (nSPS) is 19.6. The van der Waals surface area contributed by atoms with Crippen LogP contribution >= 0.6 is 0 Å². The molecule has 1 aliphatic rings. The summed E-state index contributed by atoms with van der Waals surface area (Å²) in [6, 6.07) is 5.76. The van der Waals surface area contributed by atoms with Crippen LogP contribution in [0.15, 0.2) is 18.2 Å². The Hall–Kier alpha value is -1.59. The summed E-state index contributed by atoms with van der Waals surface area (Å²) < 4.78 is 5.36. The number of methoxy groups -OCH3 is 1. The van der Waals surface area contributed by atoms with E-state index in [1.807, 2.05) is 12.1 Å². The van der Waals surface area contributed by atoms with Gasteiger partial charge >= 0.3 is 0 Å². The zero-order valence-electron chi connectivity index (χ0n) is 11.2. The molecule has 5 nitrogen and oxygen atoms in total. The van der Waals surface area contributed by atoms with Gasteiger partial charge < -0.3 is 15.6 Å². The number of rotatable bonds is 5. The molecule has 1 aliphatic heterocycles. The monoisotopic (exact) mass is 263 g/mol. The molecule has 5 heteroatoms. The van der Waals surface area contributed by atoms with Crippen LogP contribution in [0.3, 0.4) is 0 Å². The number of aliphatic hydroxyl groups is 1. The fraction of sp³-hybridized carbons (Fsp3) is 0.500. The van der Waals surface area contributed by atoms with Crippen molar-refractivity contribution in [1.82, 2.24) is 4.90 Å². The Morgan fingerprint density at radius 1 is 1.58 bits per heavy atom. The molecule has 1 atom stereocenters. The molecule has 1 aromatic rings. The molecule has 1 aromatic carbocycles. The van der Waals surface area contributed by atoms with Gasteiger partial charge in [-0.05, 0) is 37.6 Å². The Bertz CT molecular complexity index is 462. The molecule has 19 heavy (non-hydrogen) atoms. The molecule has 1 heterocycles. The highest BCUT2D eigenvalue weighted by atomic mass is 16.5. The van der Waals surface area contributed by atoms with Gasteiger partial charge in [0.25, 0.3) is 0 Å². The first-order valence-corrected chi connectivity index (χ1v) is 6.52. The maximum atomic E-state index is 9.36. The van der Waals surface area contributed by atoms with E-state index in [0.717, 1.165) is 37.2 Å². The molecule has 0 spiro atoms. The van der Waals surface area contributed by atoms with Gasteiger partial charge in [-0.15, -0.1) is 0 Å². The number of aliphatic hydroxyl groups excluding tert-OH is 1. The molecule has 2 rings (SSSR count). The van der Waals surface area contributed by atoms with Gasteiger partial charge in [0.1, 0.15) is 11.6 Å². The quantitative estimate of drug-likeness (QED) is 0.545. The van der Waals surface area contributed by atoms with Gasteiger partial charge in [0.2, 0.25) is 0 Å². The molecule has 0 radical (unpaired) electrons. The molecular weight excluding hydrogens is 242 g/mol. The molecule has 0 bridgehead atoms. The number of nitrogens with one attached hydrogen (secondary N) is 1. The van der Waals surface area contributed by atoms with Crippen molar-refractivity contribution in [2.24, 2.45) is 5.73 Å². The van der Waals surface area contributed by atoms with Crippen LogP contribution in [0, 0.1) is 5.41 Å². The number of hydrogen-bond donors (Lipinski definition) is 3. The van der Waals surface area contributed by atoms with Crippen molar-refractivity contribution >= 4 is 5.84 Å². The Morgan fingerprint density at radius 3 is 3.00 bits per heavy atom. The first-order valence-electron chi connectivity index (χ1n) is 6.52. The van der Waals surface area contributed by atoms with E-state index in [0.29, 0.717) is 5.56 Å². The van der Waals surface area contributed by atoms with Crippen molar-refractivity contribution in [3.8, 4) is 5.75 Å². The average Bonchev–Trinajstić information content (AvgIpc) is 2.85. The van der Waals surface area contributed by atoms with E-state index in [1.165, 1.54) is 0 Å². The zero-order chi connectivity index (χ0) is 13.8. The van der Waals surface area contributed by atoms with E-state index in [9.17, 15) is 5.11 Å². The summed E-state index contributed by atoms with van der Waals surface area (Å²) >= 11 is 0. The lowest BCUT2D eigenvalue weighted by atomic mass is 10.1. The van der Waals surface area contributed by atoms with Gasteiger partial charge in [-0.1, -0.05) is 0 Å². The van der Waals surface area contributed by atoms with Crippen LogP contribution in [0.25, 0.3) is 0 Å². The summed E-state index contributed by atoms with van der Waals surface area (Å²) in [5.74, 6) is 0.859. The number of nitrogen functional groups attached to an aromatic ring is 1. The molecule has 1 fully saturated rings. The average molecular weight is 263 g/mol. The van der Waals surface area contributed by atoms with Crippen LogP contribution in [-0.4, -0.2) is 42.1 Å². The zero-order valence-corrected chi connectivity index (χ0v) is 11.2. The van der Waals surface area contributed by atoms with E-state index >= 15 is 0 Å². The topological polar surface area (TPSA) is 82.6 Å². The van der Waals surface area contributed by atoms with Crippen LogP contribution in [0.4, 0.5) is 0 Å². The maximum Gasteiger partial charge on any atom is 0.123 e.